The van der Waals surface area contributed by atoms with E-state index in [1.54, 1.807) is 11.8 Å². The lowest BCUT2D eigenvalue weighted by atomic mass is 10.4. The van der Waals surface area contributed by atoms with E-state index in [1.165, 1.54) is 0 Å². The number of likely N-dealkylation sites (tertiary alicyclic amines) is 1. The first-order valence-electron chi connectivity index (χ1n) is 3.38. The van der Waals surface area contributed by atoms with Crippen molar-refractivity contribution < 1.29 is 4.79 Å². The molecule has 1 radical (unpaired) electrons. The summed E-state index contributed by atoms with van der Waals surface area (Å²) in [5.74, 6) is 5.05. The van der Waals surface area contributed by atoms with Crippen molar-refractivity contribution in [3.05, 3.63) is 6.42 Å². The Morgan fingerprint density at radius 2 is 2.50 bits per heavy atom. The SMILES string of the molecule is CC#CC(=O)N1C[CH]CC1. The third kappa shape index (κ3) is 1.51. The summed E-state index contributed by atoms with van der Waals surface area (Å²) in [6.07, 6.45) is 3.10. The number of carbonyl (C=O) groups is 1. The van der Waals surface area contributed by atoms with Gasteiger partial charge in [-0.2, -0.15) is 0 Å². The quantitative estimate of drug-likeness (QED) is 0.443. The highest BCUT2D eigenvalue weighted by Gasteiger charge is 2.15. The largest absolute Gasteiger partial charge is 0.332 e. The Hall–Kier alpha value is -0.970. The smallest absolute Gasteiger partial charge is 0.298 e. The molecule has 1 aliphatic rings. The van der Waals surface area contributed by atoms with Crippen LogP contribution in [0.15, 0.2) is 0 Å². The zero-order chi connectivity index (χ0) is 7.40. The summed E-state index contributed by atoms with van der Waals surface area (Å²) in [5.41, 5.74) is 0. The summed E-state index contributed by atoms with van der Waals surface area (Å²) in [6.45, 7) is 3.29. The third-order valence-corrected chi connectivity index (χ3v) is 1.47. The Balaban J connectivity index is 2.45. The lowest BCUT2D eigenvalue weighted by Crippen LogP contribution is -2.25. The standard InChI is InChI=1S/C8H10NO/c1-2-5-8(10)9-6-3-4-7-9/h3H,4,6-7H2,1H3. The van der Waals surface area contributed by atoms with Crippen LogP contribution in [0.1, 0.15) is 13.3 Å². The van der Waals surface area contributed by atoms with Crippen molar-refractivity contribution in [2.75, 3.05) is 13.1 Å². The summed E-state index contributed by atoms with van der Waals surface area (Å²) >= 11 is 0. The molecule has 10 heavy (non-hydrogen) atoms. The topological polar surface area (TPSA) is 20.3 Å². The molecule has 2 nitrogen and oxygen atoms in total. The molecule has 1 fully saturated rings. The molecule has 1 saturated heterocycles. The molecule has 0 atom stereocenters. The van der Waals surface area contributed by atoms with Crippen molar-refractivity contribution >= 4 is 5.91 Å². The molecule has 0 N–H and O–H groups in total. The predicted molar refractivity (Wildman–Crippen MR) is 38.9 cm³/mol. The molecule has 0 aliphatic carbocycles. The highest BCUT2D eigenvalue weighted by Crippen LogP contribution is 2.05. The summed E-state index contributed by atoms with van der Waals surface area (Å²) in [7, 11) is 0. The minimum atomic E-state index is -0.0451. The van der Waals surface area contributed by atoms with Crippen molar-refractivity contribution in [1.82, 2.24) is 4.90 Å². The van der Waals surface area contributed by atoms with Gasteiger partial charge in [0.2, 0.25) is 0 Å². The van der Waals surface area contributed by atoms with Gasteiger partial charge in [-0.1, -0.05) is 5.92 Å². The van der Waals surface area contributed by atoms with Crippen molar-refractivity contribution in [2.24, 2.45) is 0 Å². The fourth-order valence-electron chi connectivity index (χ4n) is 0.956. The van der Waals surface area contributed by atoms with Crippen LogP contribution >= 0.6 is 0 Å². The maximum Gasteiger partial charge on any atom is 0.298 e. The van der Waals surface area contributed by atoms with Gasteiger partial charge in [-0.3, -0.25) is 4.79 Å². The van der Waals surface area contributed by atoms with E-state index in [1.807, 2.05) is 0 Å². The molecular formula is C8H10NO. The molecule has 0 aromatic carbocycles. The minimum absolute atomic E-state index is 0.0451. The molecule has 0 spiro atoms. The van der Waals surface area contributed by atoms with E-state index in [4.69, 9.17) is 0 Å². The maximum absolute atomic E-state index is 11.0. The normalized spacial score (nSPS) is 16.3. The Labute approximate surface area is 61.2 Å². The second-order valence-electron chi connectivity index (χ2n) is 2.20. The van der Waals surface area contributed by atoms with Gasteiger partial charge in [0.25, 0.3) is 5.91 Å². The molecular weight excluding hydrogens is 126 g/mol. The molecule has 0 saturated carbocycles. The summed E-state index contributed by atoms with van der Waals surface area (Å²) < 4.78 is 0. The predicted octanol–water partition coefficient (Wildman–Crippen LogP) is 0.446. The number of rotatable bonds is 0. The number of nitrogens with zero attached hydrogens (tertiary/aromatic N) is 1. The fourth-order valence-corrected chi connectivity index (χ4v) is 0.956. The van der Waals surface area contributed by atoms with Crippen LogP contribution in [0.2, 0.25) is 0 Å². The average molecular weight is 136 g/mol. The third-order valence-electron chi connectivity index (χ3n) is 1.47. The molecule has 0 aromatic rings. The van der Waals surface area contributed by atoms with Crippen LogP contribution in [0.3, 0.4) is 0 Å². The van der Waals surface area contributed by atoms with Crippen LogP contribution in [0.5, 0.6) is 0 Å². The number of carbonyl (C=O) groups excluding carboxylic acids is 1. The Bertz CT molecular complexity index is 181. The molecule has 2 heteroatoms. The Morgan fingerprint density at radius 3 is 3.00 bits per heavy atom. The highest BCUT2D eigenvalue weighted by molar-refractivity contribution is 5.93. The molecule has 0 unspecified atom stereocenters. The van der Waals surface area contributed by atoms with Crippen molar-refractivity contribution in [3.63, 3.8) is 0 Å². The molecule has 1 heterocycles. The molecule has 1 rings (SSSR count). The second kappa shape index (κ2) is 3.26. The van der Waals surface area contributed by atoms with E-state index >= 15 is 0 Å². The van der Waals surface area contributed by atoms with Gasteiger partial charge in [0, 0.05) is 13.1 Å². The van der Waals surface area contributed by atoms with E-state index in [-0.39, 0.29) is 5.91 Å². The molecule has 53 valence electrons. The lowest BCUT2D eigenvalue weighted by Gasteiger charge is -2.09. The van der Waals surface area contributed by atoms with Crippen LogP contribution in [0, 0.1) is 18.3 Å². The van der Waals surface area contributed by atoms with Gasteiger partial charge in [-0.05, 0) is 25.7 Å². The van der Waals surface area contributed by atoms with Gasteiger partial charge in [-0.15, -0.1) is 0 Å². The summed E-state index contributed by atoms with van der Waals surface area (Å²) in [4.78, 5) is 12.7. The summed E-state index contributed by atoms with van der Waals surface area (Å²) in [5, 5.41) is 0. The zero-order valence-electron chi connectivity index (χ0n) is 6.05. The first-order valence-corrected chi connectivity index (χ1v) is 3.38. The van der Waals surface area contributed by atoms with Gasteiger partial charge in [0.15, 0.2) is 0 Å². The van der Waals surface area contributed by atoms with Crippen LogP contribution in [0.25, 0.3) is 0 Å². The monoisotopic (exact) mass is 136 g/mol. The maximum atomic E-state index is 11.0. The van der Waals surface area contributed by atoms with Crippen LogP contribution in [-0.4, -0.2) is 23.9 Å². The molecule has 0 aromatic heterocycles. The van der Waals surface area contributed by atoms with Crippen molar-refractivity contribution in [2.45, 2.75) is 13.3 Å². The first-order chi connectivity index (χ1) is 4.84. The van der Waals surface area contributed by atoms with E-state index in [2.05, 4.69) is 18.3 Å². The minimum Gasteiger partial charge on any atom is -0.332 e. The number of amides is 1. The zero-order valence-corrected chi connectivity index (χ0v) is 6.05. The van der Waals surface area contributed by atoms with Gasteiger partial charge in [-0.25, -0.2) is 0 Å². The molecule has 1 amide bonds. The first kappa shape index (κ1) is 7.14. The van der Waals surface area contributed by atoms with E-state index in [0.29, 0.717) is 0 Å². The van der Waals surface area contributed by atoms with E-state index < -0.39 is 0 Å². The van der Waals surface area contributed by atoms with Crippen molar-refractivity contribution in [1.29, 1.82) is 0 Å². The van der Waals surface area contributed by atoms with E-state index in [0.717, 1.165) is 19.5 Å². The van der Waals surface area contributed by atoms with Crippen molar-refractivity contribution in [3.8, 4) is 11.8 Å². The van der Waals surface area contributed by atoms with Crippen LogP contribution < -0.4 is 0 Å². The lowest BCUT2D eigenvalue weighted by molar-refractivity contribution is -0.123. The molecule has 1 aliphatic heterocycles. The number of hydrogen-bond acceptors (Lipinski definition) is 1. The molecule has 0 bridgehead atoms. The van der Waals surface area contributed by atoms with Gasteiger partial charge < -0.3 is 4.90 Å². The second-order valence-corrected chi connectivity index (χ2v) is 2.20. The van der Waals surface area contributed by atoms with Crippen LogP contribution in [-0.2, 0) is 4.79 Å². The van der Waals surface area contributed by atoms with Gasteiger partial charge >= 0.3 is 0 Å². The Kier molecular flexibility index (Phi) is 2.33. The highest BCUT2D eigenvalue weighted by atomic mass is 16.2. The van der Waals surface area contributed by atoms with Gasteiger partial charge in [0.05, 0.1) is 0 Å². The van der Waals surface area contributed by atoms with Crippen LogP contribution in [0.4, 0.5) is 0 Å². The Morgan fingerprint density at radius 1 is 1.70 bits per heavy atom. The summed E-state index contributed by atoms with van der Waals surface area (Å²) in [6, 6.07) is 0. The van der Waals surface area contributed by atoms with E-state index in [9.17, 15) is 4.79 Å². The van der Waals surface area contributed by atoms with Gasteiger partial charge in [0.1, 0.15) is 0 Å². The fraction of sp³-hybridized carbons (Fsp3) is 0.500. The number of hydrogen-bond donors (Lipinski definition) is 0. The average Bonchev–Trinajstić information content (AvgIpc) is 2.38.